The van der Waals surface area contributed by atoms with Crippen LogP contribution in [0.3, 0.4) is 0 Å². The summed E-state index contributed by atoms with van der Waals surface area (Å²) in [4.78, 5) is 15.3. The molecule has 1 rings (SSSR count). The van der Waals surface area contributed by atoms with Gasteiger partial charge in [-0.3, -0.25) is 4.79 Å². The van der Waals surface area contributed by atoms with Gasteiger partial charge < -0.3 is 10.6 Å². The van der Waals surface area contributed by atoms with E-state index in [0.29, 0.717) is 0 Å². The van der Waals surface area contributed by atoms with E-state index in [0.717, 1.165) is 32.5 Å². The Bertz CT molecular complexity index is 396. The summed E-state index contributed by atoms with van der Waals surface area (Å²) in [5.74, 6) is 0.0393. The maximum absolute atomic E-state index is 10.7. The van der Waals surface area contributed by atoms with Crippen molar-refractivity contribution in [2.75, 3.05) is 19.6 Å². The lowest BCUT2D eigenvalue weighted by Crippen LogP contribution is -2.26. The van der Waals surface area contributed by atoms with E-state index in [4.69, 9.17) is 0 Å². The number of carbonyl (C=O) groups is 1. The molecule has 0 bridgehead atoms. The number of carbonyl (C=O) groups excluding carboxylic acids is 1. The highest BCUT2D eigenvalue weighted by Gasteiger charge is 2.16. The molecule has 108 valence electrons. The van der Waals surface area contributed by atoms with E-state index in [9.17, 15) is 4.79 Å². The molecule has 0 saturated carbocycles. The normalized spacial score (nSPS) is 11.6. The van der Waals surface area contributed by atoms with Crippen molar-refractivity contribution in [1.82, 2.24) is 15.6 Å². The van der Waals surface area contributed by atoms with Gasteiger partial charge in [-0.2, -0.15) is 0 Å². The Morgan fingerprint density at radius 1 is 1.32 bits per heavy atom. The Morgan fingerprint density at radius 3 is 2.63 bits per heavy atom. The SMILES string of the molecule is CC(=O)NCCCNCCc1nc(C(C)(C)C)cs1. The molecular weight excluding hydrogens is 258 g/mol. The molecule has 0 saturated heterocycles. The summed E-state index contributed by atoms with van der Waals surface area (Å²) < 4.78 is 0. The van der Waals surface area contributed by atoms with Gasteiger partial charge in [0.1, 0.15) is 0 Å². The van der Waals surface area contributed by atoms with Gasteiger partial charge in [0.05, 0.1) is 10.7 Å². The van der Waals surface area contributed by atoms with E-state index in [1.807, 2.05) is 0 Å². The lowest BCUT2D eigenvalue weighted by molar-refractivity contribution is -0.118. The smallest absolute Gasteiger partial charge is 0.216 e. The number of hydrogen-bond donors (Lipinski definition) is 2. The highest BCUT2D eigenvalue weighted by Crippen LogP contribution is 2.23. The minimum Gasteiger partial charge on any atom is -0.356 e. The third-order valence-corrected chi connectivity index (χ3v) is 3.65. The van der Waals surface area contributed by atoms with E-state index in [1.54, 1.807) is 18.3 Å². The molecule has 4 nitrogen and oxygen atoms in total. The predicted molar refractivity (Wildman–Crippen MR) is 80.7 cm³/mol. The molecule has 0 fully saturated rings. The van der Waals surface area contributed by atoms with Gasteiger partial charge in [0.15, 0.2) is 0 Å². The van der Waals surface area contributed by atoms with Crippen molar-refractivity contribution in [2.45, 2.75) is 46.0 Å². The molecule has 0 aliphatic heterocycles. The van der Waals surface area contributed by atoms with Crippen LogP contribution < -0.4 is 10.6 Å². The second-order valence-corrected chi connectivity index (χ2v) is 6.66. The highest BCUT2D eigenvalue weighted by molar-refractivity contribution is 7.09. The zero-order valence-corrected chi connectivity index (χ0v) is 13.2. The predicted octanol–water partition coefficient (Wildman–Crippen LogP) is 2.10. The van der Waals surface area contributed by atoms with E-state index in [2.05, 4.69) is 41.8 Å². The topological polar surface area (TPSA) is 54.0 Å². The van der Waals surface area contributed by atoms with Gasteiger partial charge in [0.25, 0.3) is 0 Å². The van der Waals surface area contributed by atoms with Crippen molar-refractivity contribution in [3.05, 3.63) is 16.1 Å². The number of nitrogens with one attached hydrogen (secondary N) is 2. The van der Waals surface area contributed by atoms with E-state index >= 15 is 0 Å². The maximum Gasteiger partial charge on any atom is 0.216 e. The first-order valence-electron chi connectivity index (χ1n) is 6.79. The molecule has 1 aromatic rings. The van der Waals surface area contributed by atoms with E-state index in [-0.39, 0.29) is 11.3 Å². The standard InChI is InChI=1S/C14H25N3OS/c1-11(18)16-8-5-7-15-9-6-13-17-12(10-19-13)14(2,3)4/h10,15H,5-9H2,1-4H3,(H,16,18). The molecule has 0 aliphatic rings. The van der Waals surface area contributed by atoms with Crippen molar-refractivity contribution in [2.24, 2.45) is 0 Å². The summed E-state index contributed by atoms with van der Waals surface area (Å²) in [7, 11) is 0. The maximum atomic E-state index is 10.7. The van der Waals surface area contributed by atoms with Gasteiger partial charge in [0, 0.05) is 37.2 Å². The van der Waals surface area contributed by atoms with Crippen LogP contribution in [0.5, 0.6) is 0 Å². The Kier molecular flexibility index (Phi) is 6.45. The van der Waals surface area contributed by atoms with Crippen LogP contribution >= 0.6 is 11.3 Å². The molecule has 0 spiro atoms. The molecule has 0 aromatic carbocycles. The van der Waals surface area contributed by atoms with Gasteiger partial charge >= 0.3 is 0 Å². The van der Waals surface area contributed by atoms with Gasteiger partial charge in [-0.25, -0.2) is 4.98 Å². The zero-order chi connectivity index (χ0) is 14.3. The van der Waals surface area contributed by atoms with Crippen molar-refractivity contribution in [3.63, 3.8) is 0 Å². The monoisotopic (exact) mass is 283 g/mol. The lowest BCUT2D eigenvalue weighted by Gasteiger charge is -2.14. The van der Waals surface area contributed by atoms with Crippen LogP contribution in [0.15, 0.2) is 5.38 Å². The highest BCUT2D eigenvalue weighted by atomic mass is 32.1. The van der Waals surface area contributed by atoms with Crippen molar-refractivity contribution in [3.8, 4) is 0 Å². The summed E-state index contributed by atoms with van der Waals surface area (Å²) in [6, 6.07) is 0. The number of amides is 1. The van der Waals surface area contributed by atoms with Gasteiger partial charge in [-0.1, -0.05) is 20.8 Å². The molecule has 19 heavy (non-hydrogen) atoms. The first-order chi connectivity index (χ1) is 8.89. The number of rotatable bonds is 7. The van der Waals surface area contributed by atoms with Gasteiger partial charge in [-0.05, 0) is 13.0 Å². The van der Waals surface area contributed by atoms with Crippen LogP contribution in [0.1, 0.15) is 44.8 Å². The summed E-state index contributed by atoms with van der Waals surface area (Å²) in [5, 5.41) is 9.51. The van der Waals surface area contributed by atoms with Crippen molar-refractivity contribution >= 4 is 17.2 Å². The third-order valence-electron chi connectivity index (χ3n) is 2.74. The molecule has 2 N–H and O–H groups in total. The largest absolute Gasteiger partial charge is 0.356 e. The fourth-order valence-electron chi connectivity index (χ4n) is 1.57. The Morgan fingerprint density at radius 2 is 2.05 bits per heavy atom. The molecular formula is C14H25N3OS. The van der Waals surface area contributed by atoms with Crippen LogP contribution in [0.2, 0.25) is 0 Å². The second-order valence-electron chi connectivity index (χ2n) is 5.71. The quantitative estimate of drug-likeness (QED) is 0.754. The summed E-state index contributed by atoms with van der Waals surface area (Å²) in [6.45, 7) is 10.7. The molecule has 1 amide bonds. The first kappa shape index (κ1) is 16.1. The molecule has 0 unspecified atom stereocenters. The van der Waals surface area contributed by atoms with Crippen LogP contribution in [0.4, 0.5) is 0 Å². The number of thiazole rings is 1. The van der Waals surface area contributed by atoms with Crippen LogP contribution in [0.25, 0.3) is 0 Å². The van der Waals surface area contributed by atoms with E-state index < -0.39 is 0 Å². The molecule has 0 radical (unpaired) electrons. The van der Waals surface area contributed by atoms with Gasteiger partial charge in [-0.15, -0.1) is 11.3 Å². The van der Waals surface area contributed by atoms with E-state index in [1.165, 1.54) is 10.7 Å². The van der Waals surface area contributed by atoms with Crippen LogP contribution in [0, 0.1) is 0 Å². The summed E-state index contributed by atoms with van der Waals surface area (Å²) in [6.07, 6.45) is 1.94. The average Bonchev–Trinajstić information content (AvgIpc) is 2.75. The molecule has 5 heteroatoms. The molecule has 0 aliphatic carbocycles. The Balaban J connectivity index is 2.13. The Labute approximate surface area is 120 Å². The molecule has 1 heterocycles. The molecule has 0 atom stereocenters. The molecule has 1 aromatic heterocycles. The zero-order valence-electron chi connectivity index (χ0n) is 12.4. The fraction of sp³-hybridized carbons (Fsp3) is 0.714. The first-order valence-corrected chi connectivity index (χ1v) is 7.67. The third kappa shape index (κ3) is 6.68. The Hall–Kier alpha value is -0.940. The number of aromatic nitrogens is 1. The van der Waals surface area contributed by atoms with Gasteiger partial charge in [0.2, 0.25) is 5.91 Å². The number of nitrogens with zero attached hydrogens (tertiary/aromatic N) is 1. The average molecular weight is 283 g/mol. The fourth-order valence-corrected chi connectivity index (χ4v) is 2.59. The van der Waals surface area contributed by atoms with Crippen molar-refractivity contribution in [1.29, 1.82) is 0 Å². The van der Waals surface area contributed by atoms with Crippen LogP contribution in [-0.2, 0) is 16.6 Å². The lowest BCUT2D eigenvalue weighted by atomic mass is 9.93. The minimum atomic E-state index is 0.0393. The minimum absolute atomic E-state index is 0.0393. The number of hydrogen-bond acceptors (Lipinski definition) is 4. The second kappa shape index (κ2) is 7.60. The summed E-state index contributed by atoms with van der Waals surface area (Å²) >= 11 is 1.74. The summed E-state index contributed by atoms with van der Waals surface area (Å²) in [5.41, 5.74) is 1.32. The van der Waals surface area contributed by atoms with Crippen LogP contribution in [-0.4, -0.2) is 30.5 Å². The van der Waals surface area contributed by atoms with Crippen molar-refractivity contribution < 1.29 is 4.79 Å².